The third-order valence-electron chi connectivity index (χ3n) is 6.10. The lowest BCUT2D eigenvalue weighted by molar-refractivity contribution is 0.0902. The van der Waals surface area contributed by atoms with Gasteiger partial charge in [-0.3, -0.25) is 4.90 Å². The molecule has 0 bridgehead atoms. The summed E-state index contributed by atoms with van der Waals surface area (Å²) in [6.45, 7) is 7.37. The topological polar surface area (TPSA) is 59.8 Å². The maximum Gasteiger partial charge on any atom is 0.227 e. The standard InChI is InChI=1S/C29H33N3O3/c1-21(2)31(20-28(33)23-11-7-5-8-12-23)19-27-22(3)30-32(24-13-9-6-10-14-24)29(27)35-26-17-15-25(34-4)16-18-26/h5-18,21,28,33H,19-20H2,1-4H3. The van der Waals surface area contributed by atoms with E-state index in [4.69, 9.17) is 14.6 Å². The minimum atomic E-state index is -0.589. The minimum absolute atomic E-state index is 0.210. The SMILES string of the molecule is COc1ccc(Oc2c(CN(CC(O)c3ccccc3)C(C)C)c(C)nn2-c2ccccc2)cc1. The third-order valence-corrected chi connectivity index (χ3v) is 6.10. The van der Waals surface area contributed by atoms with E-state index in [9.17, 15) is 5.11 Å². The number of aliphatic hydroxyl groups is 1. The molecule has 0 aliphatic carbocycles. The predicted molar refractivity (Wildman–Crippen MR) is 138 cm³/mol. The van der Waals surface area contributed by atoms with E-state index < -0.39 is 6.10 Å². The Kier molecular flexibility index (Phi) is 7.85. The van der Waals surface area contributed by atoms with E-state index in [1.807, 2.05) is 96.5 Å². The van der Waals surface area contributed by atoms with Crippen LogP contribution in [0.2, 0.25) is 0 Å². The molecule has 0 fully saturated rings. The van der Waals surface area contributed by atoms with E-state index in [1.54, 1.807) is 7.11 Å². The van der Waals surface area contributed by atoms with Gasteiger partial charge in [0.2, 0.25) is 5.88 Å². The van der Waals surface area contributed by atoms with Crippen molar-refractivity contribution in [2.24, 2.45) is 0 Å². The van der Waals surface area contributed by atoms with Gasteiger partial charge in [-0.1, -0.05) is 48.5 Å². The summed E-state index contributed by atoms with van der Waals surface area (Å²) in [5, 5.41) is 15.8. The monoisotopic (exact) mass is 471 g/mol. The van der Waals surface area contributed by atoms with E-state index in [2.05, 4.69) is 18.7 Å². The normalized spacial score (nSPS) is 12.2. The Morgan fingerprint density at radius 3 is 2.09 bits per heavy atom. The summed E-state index contributed by atoms with van der Waals surface area (Å²) in [4.78, 5) is 2.25. The number of nitrogens with zero attached hydrogens (tertiary/aromatic N) is 3. The fourth-order valence-corrected chi connectivity index (χ4v) is 3.99. The zero-order valence-corrected chi connectivity index (χ0v) is 20.8. The average Bonchev–Trinajstić information content (AvgIpc) is 3.19. The van der Waals surface area contributed by atoms with Gasteiger partial charge in [0.25, 0.3) is 0 Å². The van der Waals surface area contributed by atoms with Crippen molar-refractivity contribution < 1.29 is 14.6 Å². The second kappa shape index (κ2) is 11.2. The third kappa shape index (κ3) is 5.91. The maximum absolute atomic E-state index is 10.9. The number of benzene rings is 3. The first-order chi connectivity index (χ1) is 17.0. The molecule has 1 aromatic heterocycles. The molecule has 6 nitrogen and oxygen atoms in total. The summed E-state index contributed by atoms with van der Waals surface area (Å²) >= 11 is 0. The maximum atomic E-state index is 10.9. The quantitative estimate of drug-likeness (QED) is 0.311. The van der Waals surface area contributed by atoms with Crippen LogP contribution in [-0.2, 0) is 6.54 Å². The van der Waals surface area contributed by atoms with Gasteiger partial charge in [-0.15, -0.1) is 0 Å². The average molecular weight is 472 g/mol. The number of aryl methyl sites for hydroxylation is 1. The van der Waals surface area contributed by atoms with E-state index in [0.717, 1.165) is 28.3 Å². The van der Waals surface area contributed by atoms with Crippen LogP contribution in [0.25, 0.3) is 5.69 Å². The lowest BCUT2D eigenvalue weighted by atomic mass is 10.1. The molecule has 0 saturated carbocycles. The number of hydrogen-bond donors (Lipinski definition) is 1. The summed E-state index contributed by atoms with van der Waals surface area (Å²) in [5.74, 6) is 2.13. The molecule has 0 aliphatic rings. The molecule has 0 aliphatic heterocycles. The van der Waals surface area contributed by atoms with Crippen LogP contribution in [0.4, 0.5) is 0 Å². The second-order valence-corrected chi connectivity index (χ2v) is 8.84. The highest BCUT2D eigenvalue weighted by molar-refractivity contribution is 5.44. The zero-order valence-electron chi connectivity index (χ0n) is 20.8. The Morgan fingerprint density at radius 2 is 1.49 bits per heavy atom. The molecule has 1 atom stereocenters. The summed E-state index contributed by atoms with van der Waals surface area (Å²) in [6.07, 6.45) is -0.589. The molecule has 0 spiro atoms. The first-order valence-corrected chi connectivity index (χ1v) is 11.9. The Morgan fingerprint density at radius 1 is 0.886 bits per heavy atom. The van der Waals surface area contributed by atoms with Crippen LogP contribution in [0.1, 0.15) is 36.8 Å². The van der Waals surface area contributed by atoms with Gasteiger partial charge in [-0.05, 0) is 62.7 Å². The van der Waals surface area contributed by atoms with Gasteiger partial charge in [-0.25, -0.2) is 4.68 Å². The highest BCUT2D eigenvalue weighted by atomic mass is 16.5. The predicted octanol–water partition coefficient (Wildman–Crippen LogP) is 5.93. The lowest BCUT2D eigenvalue weighted by Gasteiger charge is -2.29. The largest absolute Gasteiger partial charge is 0.497 e. The Hall–Kier alpha value is -3.61. The van der Waals surface area contributed by atoms with Crippen molar-refractivity contribution in [2.45, 2.75) is 39.5 Å². The first-order valence-electron chi connectivity index (χ1n) is 11.9. The fourth-order valence-electron chi connectivity index (χ4n) is 3.99. The number of para-hydroxylation sites is 1. The molecule has 4 rings (SSSR count). The molecule has 1 N–H and O–H groups in total. The van der Waals surface area contributed by atoms with Crippen LogP contribution in [-0.4, -0.2) is 39.5 Å². The van der Waals surface area contributed by atoms with Crippen molar-refractivity contribution in [1.82, 2.24) is 14.7 Å². The van der Waals surface area contributed by atoms with Crippen LogP contribution in [0, 0.1) is 6.92 Å². The smallest absolute Gasteiger partial charge is 0.227 e. The van der Waals surface area contributed by atoms with Crippen LogP contribution < -0.4 is 9.47 Å². The number of hydrogen-bond acceptors (Lipinski definition) is 5. The molecule has 1 heterocycles. The van der Waals surface area contributed by atoms with Crippen LogP contribution in [0.15, 0.2) is 84.9 Å². The van der Waals surface area contributed by atoms with Crippen molar-refractivity contribution >= 4 is 0 Å². The van der Waals surface area contributed by atoms with Crippen molar-refractivity contribution in [3.63, 3.8) is 0 Å². The van der Waals surface area contributed by atoms with Crippen molar-refractivity contribution in [1.29, 1.82) is 0 Å². The van der Waals surface area contributed by atoms with Gasteiger partial charge >= 0.3 is 0 Å². The second-order valence-electron chi connectivity index (χ2n) is 8.84. The molecular formula is C29H33N3O3. The molecule has 0 amide bonds. The molecule has 1 unspecified atom stereocenters. The summed E-state index contributed by atoms with van der Waals surface area (Å²) in [5.41, 5.74) is 3.70. The molecule has 35 heavy (non-hydrogen) atoms. The number of aromatic nitrogens is 2. The Labute approximate surface area is 207 Å². The van der Waals surface area contributed by atoms with Crippen LogP contribution in [0.3, 0.4) is 0 Å². The van der Waals surface area contributed by atoms with Crippen molar-refractivity contribution in [3.05, 3.63) is 102 Å². The van der Waals surface area contributed by atoms with Crippen LogP contribution in [0.5, 0.6) is 17.4 Å². The molecule has 4 aromatic rings. The van der Waals surface area contributed by atoms with Crippen LogP contribution >= 0.6 is 0 Å². The Balaban J connectivity index is 1.68. The lowest BCUT2D eigenvalue weighted by Crippen LogP contribution is -2.34. The number of rotatable bonds is 10. The molecule has 3 aromatic carbocycles. The molecular weight excluding hydrogens is 438 g/mol. The minimum Gasteiger partial charge on any atom is -0.497 e. The number of aliphatic hydroxyl groups excluding tert-OH is 1. The molecule has 0 saturated heterocycles. The van der Waals surface area contributed by atoms with Gasteiger partial charge in [0.1, 0.15) is 11.5 Å². The van der Waals surface area contributed by atoms with E-state index in [1.165, 1.54) is 0 Å². The van der Waals surface area contributed by atoms with Gasteiger partial charge in [0.15, 0.2) is 0 Å². The number of ether oxygens (including phenoxy) is 2. The van der Waals surface area contributed by atoms with Gasteiger partial charge in [0.05, 0.1) is 30.2 Å². The first kappa shape index (κ1) is 24.5. The Bertz CT molecular complexity index is 1210. The fraction of sp³-hybridized carbons (Fsp3) is 0.276. The summed E-state index contributed by atoms with van der Waals surface area (Å²) in [7, 11) is 1.65. The van der Waals surface area contributed by atoms with E-state index >= 15 is 0 Å². The highest BCUT2D eigenvalue weighted by Crippen LogP contribution is 2.33. The molecule has 182 valence electrons. The highest BCUT2D eigenvalue weighted by Gasteiger charge is 2.24. The molecule has 6 heteroatoms. The van der Waals surface area contributed by atoms with E-state index in [-0.39, 0.29) is 6.04 Å². The van der Waals surface area contributed by atoms with Gasteiger partial charge in [0, 0.05) is 19.1 Å². The van der Waals surface area contributed by atoms with Crippen molar-refractivity contribution in [2.75, 3.05) is 13.7 Å². The van der Waals surface area contributed by atoms with E-state index in [0.29, 0.717) is 24.7 Å². The molecule has 0 radical (unpaired) electrons. The summed E-state index contributed by atoms with van der Waals surface area (Å²) in [6, 6.07) is 27.5. The zero-order chi connectivity index (χ0) is 24.8. The van der Waals surface area contributed by atoms with Crippen molar-refractivity contribution in [3.8, 4) is 23.1 Å². The van der Waals surface area contributed by atoms with Gasteiger partial charge in [-0.2, -0.15) is 5.10 Å². The summed E-state index contributed by atoms with van der Waals surface area (Å²) < 4.78 is 13.6. The number of methoxy groups -OCH3 is 1. The van der Waals surface area contributed by atoms with Gasteiger partial charge < -0.3 is 14.6 Å².